The third-order valence-electron chi connectivity index (χ3n) is 3.19. The minimum absolute atomic E-state index is 0.362. The average Bonchev–Trinajstić information content (AvgIpc) is 2.83. The van der Waals surface area contributed by atoms with Crippen LogP contribution in [0.1, 0.15) is 29.5 Å². The lowest BCUT2D eigenvalue weighted by atomic mass is 9.94. The summed E-state index contributed by atoms with van der Waals surface area (Å²) in [4.78, 5) is 0. The van der Waals surface area contributed by atoms with Crippen molar-refractivity contribution in [1.29, 1.82) is 0 Å². The van der Waals surface area contributed by atoms with Gasteiger partial charge in [-0.2, -0.15) is 5.10 Å². The Balaban J connectivity index is 2.14. The van der Waals surface area contributed by atoms with Crippen LogP contribution in [0.25, 0.3) is 0 Å². The fourth-order valence-electron chi connectivity index (χ4n) is 2.15. The third kappa shape index (κ3) is 3.14. The zero-order valence-electron chi connectivity index (χ0n) is 10.9. The molecule has 0 aliphatic rings. The molecule has 0 aliphatic heterocycles. The van der Waals surface area contributed by atoms with Gasteiger partial charge in [0.15, 0.2) is 0 Å². The molecule has 2 nitrogen and oxygen atoms in total. The molecule has 0 bridgehead atoms. The molecular weight excluding hydrogens is 244 g/mol. The van der Waals surface area contributed by atoms with Gasteiger partial charge in [-0.05, 0) is 31.4 Å². The molecule has 2 rings (SSSR count). The van der Waals surface area contributed by atoms with Crippen molar-refractivity contribution in [2.45, 2.75) is 32.7 Å². The summed E-state index contributed by atoms with van der Waals surface area (Å²) < 4.78 is 1.96. The van der Waals surface area contributed by atoms with Gasteiger partial charge in [-0.1, -0.05) is 29.8 Å². The van der Waals surface area contributed by atoms with Gasteiger partial charge in [0.2, 0.25) is 0 Å². The van der Waals surface area contributed by atoms with Crippen LogP contribution in [0.15, 0.2) is 36.7 Å². The van der Waals surface area contributed by atoms with E-state index in [1.807, 2.05) is 10.9 Å². The Morgan fingerprint density at radius 2 is 2.22 bits per heavy atom. The number of nitrogens with zero attached hydrogens (tertiary/aromatic N) is 2. The van der Waals surface area contributed by atoms with Crippen molar-refractivity contribution >= 4 is 11.6 Å². The summed E-state index contributed by atoms with van der Waals surface area (Å²) in [6.07, 6.45) is 5.00. The molecule has 0 saturated carbocycles. The lowest BCUT2D eigenvalue weighted by Crippen LogP contribution is -2.04. The Hall–Kier alpha value is -1.28. The number of alkyl halides is 1. The van der Waals surface area contributed by atoms with Gasteiger partial charge in [-0.25, -0.2) is 0 Å². The molecule has 0 radical (unpaired) electrons. The van der Waals surface area contributed by atoms with Crippen LogP contribution in [-0.2, 0) is 13.0 Å². The molecule has 0 saturated heterocycles. The molecule has 2 aromatic rings. The van der Waals surface area contributed by atoms with Crippen molar-refractivity contribution in [2.75, 3.05) is 5.88 Å². The normalized spacial score (nSPS) is 12.6. The highest BCUT2D eigenvalue weighted by Crippen LogP contribution is 2.23. The van der Waals surface area contributed by atoms with Crippen LogP contribution in [0.4, 0.5) is 0 Å². The highest BCUT2D eigenvalue weighted by Gasteiger charge is 2.12. The predicted molar refractivity (Wildman–Crippen MR) is 76.2 cm³/mol. The van der Waals surface area contributed by atoms with Crippen molar-refractivity contribution in [3.8, 4) is 0 Å². The first kappa shape index (κ1) is 13.2. The zero-order chi connectivity index (χ0) is 13.0. The molecular formula is C15H19ClN2. The molecule has 1 unspecified atom stereocenters. The fourth-order valence-corrected chi connectivity index (χ4v) is 2.44. The molecule has 0 amide bonds. The SMILES string of the molecule is CCn1cc(CC(CCl)c2cccc(C)c2)cn1. The first-order chi connectivity index (χ1) is 8.72. The summed E-state index contributed by atoms with van der Waals surface area (Å²) in [6.45, 7) is 5.12. The number of hydrogen-bond acceptors (Lipinski definition) is 1. The molecule has 1 heterocycles. The Morgan fingerprint density at radius 1 is 1.39 bits per heavy atom. The largest absolute Gasteiger partial charge is 0.273 e. The maximum atomic E-state index is 6.12. The van der Waals surface area contributed by atoms with Crippen LogP contribution in [0, 0.1) is 6.92 Å². The minimum Gasteiger partial charge on any atom is -0.273 e. The number of benzene rings is 1. The van der Waals surface area contributed by atoms with Crippen LogP contribution < -0.4 is 0 Å². The second-order valence-corrected chi connectivity index (χ2v) is 4.98. The molecule has 0 fully saturated rings. The van der Waals surface area contributed by atoms with Gasteiger partial charge in [0.05, 0.1) is 6.20 Å². The minimum atomic E-state index is 0.362. The van der Waals surface area contributed by atoms with E-state index in [9.17, 15) is 0 Å². The van der Waals surface area contributed by atoms with Crippen LogP contribution in [0.3, 0.4) is 0 Å². The summed E-state index contributed by atoms with van der Waals surface area (Å²) >= 11 is 6.12. The Labute approximate surface area is 114 Å². The van der Waals surface area contributed by atoms with Gasteiger partial charge in [-0.15, -0.1) is 11.6 Å². The van der Waals surface area contributed by atoms with Crippen LogP contribution in [0.2, 0.25) is 0 Å². The van der Waals surface area contributed by atoms with Crippen molar-refractivity contribution in [3.05, 3.63) is 53.3 Å². The Kier molecular flexibility index (Phi) is 4.43. The molecule has 0 N–H and O–H groups in total. The summed E-state index contributed by atoms with van der Waals surface area (Å²) in [7, 11) is 0. The molecule has 1 atom stereocenters. The molecule has 1 aromatic heterocycles. The van der Waals surface area contributed by atoms with E-state index in [0.717, 1.165) is 13.0 Å². The quantitative estimate of drug-likeness (QED) is 0.750. The summed E-state index contributed by atoms with van der Waals surface area (Å²) in [5, 5.41) is 4.31. The van der Waals surface area contributed by atoms with Gasteiger partial charge < -0.3 is 0 Å². The fraction of sp³-hybridized carbons (Fsp3) is 0.400. The summed E-state index contributed by atoms with van der Waals surface area (Å²) in [5.41, 5.74) is 3.85. The monoisotopic (exact) mass is 262 g/mol. The van der Waals surface area contributed by atoms with E-state index in [1.165, 1.54) is 16.7 Å². The topological polar surface area (TPSA) is 17.8 Å². The van der Waals surface area contributed by atoms with Crippen molar-refractivity contribution < 1.29 is 0 Å². The number of aromatic nitrogens is 2. The van der Waals surface area contributed by atoms with Gasteiger partial charge in [0.25, 0.3) is 0 Å². The van der Waals surface area contributed by atoms with Crippen molar-refractivity contribution in [1.82, 2.24) is 9.78 Å². The van der Waals surface area contributed by atoms with Crippen molar-refractivity contribution in [2.24, 2.45) is 0 Å². The lowest BCUT2D eigenvalue weighted by Gasteiger charge is -2.13. The molecule has 3 heteroatoms. The second kappa shape index (κ2) is 6.05. The molecule has 96 valence electrons. The van der Waals surface area contributed by atoms with E-state index < -0.39 is 0 Å². The van der Waals surface area contributed by atoms with Crippen LogP contribution in [0.5, 0.6) is 0 Å². The van der Waals surface area contributed by atoms with E-state index >= 15 is 0 Å². The van der Waals surface area contributed by atoms with Crippen molar-refractivity contribution in [3.63, 3.8) is 0 Å². The van der Waals surface area contributed by atoms with Crippen LogP contribution >= 0.6 is 11.6 Å². The lowest BCUT2D eigenvalue weighted by molar-refractivity contribution is 0.658. The standard InChI is InChI=1S/C15H19ClN2/c1-3-18-11-13(10-17-18)8-15(9-16)14-6-4-5-12(2)7-14/h4-7,10-11,15H,3,8-9H2,1-2H3. The van der Waals surface area contributed by atoms with Crippen LogP contribution in [-0.4, -0.2) is 15.7 Å². The van der Waals surface area contributed by atoms with E-state index in [0.29, 0.717) is 11.8 Å². The molecule has 0 spiro atoms. The molecule has 0 aliphatic carbocycles. The predicted octanol–water partition coefficient (Wildman–Crippen LogP) is 3.78. The van der Waals surface area contributed by atoms with E-state index in [4.69, 9.17) is 11.6 Å². The highest BCUT2D eigenvalue weighted by molar-refractivity contribution is 6.18. The highest BCUT2D eigenvalue weighted by atomic mass is 35.5. The smallest absolute Gasteiger partial charge is 0.0521 e. The van der Waals surface area contributed by atoms with Gasteiger partial charge in [-0.3, -0.25) is 4.68 Å². The van der Waals surface area contributed by atoms with E-state index in [1.54, 1.807) is 0 Å². The molecule has 1 aromatic carbocycles. The second-order valence-electron chi connectivity index (χ2n) is 4.67. The number of hydrogen-bond donors (Lipinski definition) is 0. The summed E-state index contributed by atoms with van der Waals surface area (Å²) in [5.74, 6) is 1.00. The Bertz CT molecular complexity index is 505. The number of rotatable bonds is 5. The maximum Gasteiger partial charge on any atom is 0.0521 e. The van der Waals surface area contributed by atoms with Gasteiger partial charge >= 0.3 is 0 Å². The summed E-state index contributed by atoms with van der Waals surface area (Å²) in [6, 6.07) is 8.59. The maximum absolute atomic E-state index is 6.12. The number of halogens is 1. The Morgan fingerprint density at radius 3 is 2.83 bits per heavy atom. The van der Waals surface area contributed by atoms with Gasteiger partial charge in [0, 0.05) is 24.5 Å². The van der Waals surface area contributed by atoms with E-state index in [2.05, 4.69) is 49.4 Å². The van der Waals surface area contributed by atoms with E-state index in [-0.39, 0.29) is 0 Å². The molecule has 18 heavy (non-hydrogen) atoms. The first-order valence-electron chi connectivity index (χ1n) is 6.36. The first-order valence-corrected chi connectivity index (χ1v) is 6.90. The average molecular weight is 263 g/mol. The third-order valence-corrected chi connectivity index (χ3v) is 3.57. The number of aryl methyl sites for hydroxylation is 2. The van der Waals surface area contributed by atoms with Gasteiger partial charge in [0.1, 0.15) is 0 Å². The zero-order valence-corrected chi connectivity index (χ0v) is 11.7.